The van der Waals surface area contributed by atoms with Crippen LogP contribution in [-0.2, 0) is 4.79 Å². The highest BCUT2D eigenvalue weighted by Crippen LogP contribution is 2.05. The molecular weight excluding hydrogens is 298 g/mol. The molecule has 5 nitrogen and oxygen atoms in total. The first-order chi connectivity index (χ1) is 8.28. The van der Waals surface area contributed by atoms with E-state index in [1.54, 1.807) is 18.2 Å². The molecule has 0 radical (unpaired) electrons. The summed E-state index contributed by atoms with van der Waals surface area (Å²) in [7, 11) is 0. The van der Waals surface area contributed by atoms with Crippen LogP contribution in [0.5, 0.6) is 0 Å². The van der Waals surface area contributed by atoms with Crippen molar-refractivity contribution in [1.29, 1.82) is 0 Å². The van der Waals surface area contributed by atoms with Crippen LogP contribution in [0, 0.1) is 0 Å². The Hall–Kier alpha value is -1.43. The normalized spacial score (nSPS) is 10.9. The lowest BCUT2D eigenvalue weighted by molar-refractivity contribution is -0.121. The van der Waals surface area contributed by atoms with Crippen LogP contribution in [0.4, 0.5) is 0 Å². The van der Waals surface area contributed by atoms with Crippen molar-refractivity contribution in [3.8, 4) is 0 Å². The molecule has 0 bridgehead atoms. The smallest absolute Gasteiger partial charge is 0.270 e. The lowest BCUT2D eigenvalue weighted by Gasteiger charge is -2.20. The van der Waals surface area contributed by atoms with Gasteiger partial charge < -0.3 is 10.6 Å². The molecule has 0 saturated heterocycles. The number of hydrogen-bond donors (Lipinski definition) is 2. The minimum Gasteiger partial charge on any atom is -0.350 e. The SMILES string of the molecule is CC(C)(C)NC(=O)CNC(=O)c1cccc(Br)n1. The minimum atomic E-state index is -0.375. The van der Waals surface area contributed by atoms with Gasteiger partial charge in [0.15, 0.2) is 0 Å². The molecule has 1 rings (SSSR count). The fourth-order valence-electron chi connectivity index (χ4n) is 1.25. The maximum Gasteiger partial charge on any atom is 0.270 e. The van der Waals surface area contributed by atoms with Gasteiger partial charge in [-0.3, -0.25) is 9.59 Å². The van der Waals surface area contributed by atoms with Gasteiger partial charge in [0.1, 0.15) is 10.3 Å². The Balaban J connectivity index is 2.49. The molecule has 0 spiro atoms. The van der Waals surface area contributed by atoms with Gasteiger partial charge in [-0.2, -0.15) is 0 Å². The number of nitrogens with one attached hydrogen (secondary N) is 2. The Labute approximate surface area is 114 Å². The number of carbonyl (C=O) groups excluding carboxylic acids is 2. The number of halogens is 1. The van der Waals surface area contributed by atoms with E-state index in [2.05, 4.69) is 31.5 Å². The highest BCUT2D eigenvalue weighted by atomic mass is 79.9. The van der Waals surface area contributed by atoms with Gasteiger partial charge in [0, 0.05) is 5.54 Å². The van der Waals surface area contributed by atoms with Crippen LogP contribution in [0.3, 0.4) is 0 Å². The molecule has 2 N–H and O–H groups in total. The monoisotopic (exact) mass is 313 g/mol. The van der Waals surface area contributed by atoms with E-state index < -0.39 is 0 Å². The Morgan fingerprint density at radius 2 is 2.00 bits per heavy atom. The van der Waals surface area contributed by atoms with Crippen LogP contribution in [0.2, 0.25) is 0 Å². The second-order valence-electron chi connectivity index (χ2n) is 4.83. The van der Waals surface area contributed by atoms with Crippen molar-refractivity contribution in [1.82, 2.24) is 15.6 Å². The number of rotatable bonds is 3. The predicted molar refractivity (Wildman–Crippen MR) is 72.2 cm³/mol. The van der Waals surface area contributed by atoms with E-state index in [-0.39, 0.29) is 29.6 Å². The first kappa shape index (κ1) is 14.6. The van der Waals surface area contributed by atoms with E-state index in [4.69, 9.17) is 0 Å². The van der Waals surface area contributed by atoms with E-state index in [1.807, 2.05) is 20.8 Å². The maximum atomic E-state index is 11.7. The molecule has 0 aromatic carbocycles. The number of pyridine rings is 1. The Kier molecular flexibility index (Phi) is 4.84. The third-order valence-electron chi connectivity index (χ3n) is 1.87. The van der Waals surface area contributed by atoms with Gasteiger partial charge in [-0.15, -0.1) is 0 Å². The Morgan fingerprint density at radius 3 is 2.56 bits per heavy atom. The summed E-state index contributed by atoms with van der Waals surface area (Å²) >= 11 is 3.18. The molecule has 98 valence electrons. The largest absolute Gasteiger partial charge is 0.350 e. The molecular formula is C12H16BrN3O2. The molecule has 0 aliphatic carbocycles. The van der Waals surface area contributed by atoms with Crippen molar-refractivity contribution >= 4 is 27.7 Å². The van der Waals surface area contributed by atoms with E-state index in [0.717, 1.165) is 0 Å². The van der Waals surface area contributed by atoms with Crippen LogP contribution in [0.15, 0.2) is 22.8 Å². The predicted octanol–water partition coefficient (Wildman–Crippen LogP) is 1.49. The second kappa shape index (κ2) is 5.95. The molecule has 0 atom stereocenters. The molecule has 18 heavy (non-hydrogen) atoms. The highest BCUT2D eigenvalue weighted by molar-refractivity contribution is 9.10. The number of nitrogens with zero attached hydrogens (tertiary/aromatic N) is 1. The first-order valence-electron chi connectivity index (χ1n) is 5.50. The van der Waals surface area contributed by atoms with Gasteiger partial charge in [-0.1, -0.05) is 6.07 Å². The number of amides is 2. The van der Waals surface area contributed by atoms with E-state index >= 15 is 0 Å². The van der Waals surface area contributed by atoms with E-state index in [1.165, 1.54) is 0 Å². The first-order valence-corrected chi connectivity index (χ1v) is 6.29. The molecule has 0 aliphatic rings. The van der Waals surface area contributed by atoms with Crippen molar-refractivity contribution < 1.29 is 9.59 Å². The molecule has 0 unspecified atom stereocenters. The maximum absolute atomic E-state index is 11.7. The second-order valence-corrected chi connectivity index (χ2v) is 5.64. The lowest BCUT2D eigenvalue weighted by Crippen LogP contribution is -2.45. The van der Waals surface area contributed by atoms with Gasteiger partial charge in [0.2, 0.25) is 5.91 Å². The zero-order chi connectivity index (χ0) is 13.8. The molecule has 6 heteroatoms. The van der Waals surface area contributed by atoms with Crippen molar-refractivity contribution in [2.45, 2.75) is 26.3 Å². The molecule has 1 aromatic rings. The number of aromatic nitrogens is 1. The summed E-state index contributed by atoms with van der Waals surface area (Å²) in [4.78, 5) is 27.2. The summed E-state index contributed by atoms with van der Waals surface area (Å²) in [5, 5.41) is 5.27. The standard InChI is InChI=1S/C12H16BrN3O2/c1-12(2,3)16-10(17)7-14-11(18)8-5-4-6-9(13)15-8/h4-6H,7H2,1-3H3,(H,14,18)(H,16,17). The Morgan fingerprint density at radius 1 is 1.33 bits per heavy atom. The minimum absolute atomic E-state index is 0.0652. The van der Waals surface area contributed by atoms with Crippen LogP contribution < -0.4 is 10.6 Å². The third kappa shape index (κ3) is 5.27. The van der Waals surface area contributed by atoms with Crippen molar-refractivity contribution in [3.63, 3.8) is 0 Å². The summed E-state index contributed by atoms with van der Waals surface area (Å²) in [6, 6.07) is 5.02. The summed E-state index contributed by atoms with van der Waals surface area (Å²) in [5.74, 6) is -0.605. The Bertz CT molecular complexity index is 455. The third-order valence-corrected chi connectivity index (χ3v) is 2.31. The van der Waals surface area contributed by atoms with Gasteiger partial charge in [-0.05, 0) is 48.8 Å². The van der Waals surface area contributed by atoms with Crippen LogP contribution in [0.25, 0.3) is 0 Å². The highest BCUT2D eigenvalue weighted by Gasteiger charge is 2.15. The fourth-order valence-corrected chi connectivity index (χ4v) is 1.59. The lowest BCUT2D eigenvalue weighted by atomic mass is 10.1. The van der Waals surface area contributed by atoms with Crippen LogP contribution in [-0.4, -0.2) is 28.9 Å². The average molecular weight is 314 g/mol. The zero-order valence-electron chi connectivity index (χ0n) is 10.6. The summed E-state index contributed by atoms with van der Waals surface area (Å²) in [5.41, 5.74) is -0.0385. The van der Waals surface area contributed by atoms with Crippen LogP contribution >= 0.6 is 15.9 Å². The summed E-state index contributed by atoms with van der Waals surface area (Å²) in [6.45, 7) is 5.57. The average Bonchev–Trinajstić information content (AvgIpc) is 2.23. The van der Waals surface area contributed by atoms with Gasteiger partial charge in [-0.25, -0.2) is 4.98 Å². The molecule has 1 heterocycles. The topological polar surface area (TPSA) is 71.1 Å². The molecule has 0 aliphatic heterocycles. The fraction of sp³-hybridized carbons (Fsp3) is 0.417. The molecule has 1 aromatic heterocycles. The molecule has 2 amide bonds. The van der Waals surface area contributed by atoms with E-state index in [0.29, 0.717) is 4.60 Å². The zero-order valence-corrected chi connectivity index (χ0v) is 12.2. The van der Waals surface area contributed by atoms with Crippen molar-refractivity contribution in [2.75, 3.05) is 6.54 Å². The van der Waals surface area contributed by atoms with Crippen molar-refractivity contribution in [3.05, 3.63) is 28.5 Å². The van der Waals surface area contributed by atoms with Crippen molar-refractivity contribution in [2.24, 2.45) is 0 Å². The van der Waals surface area contributed by atoms with Gasteiger partial charge >= 0.3 is 0 Å². The summed E-state index contributed by atoms with van der Waals surface area (Å²) in [6.07, 6.45) is 0. The number of carbonyl (C=O) groups is 2. The molecule has 0 saturated carbocycles. The summed E-state index contributed by atoms with van der Waals surface area (Å²) < 4.78 is 0.578. The molecule has 0 fully saturated rings. The quantitative estimate of drug-likeness (QED) is 0.831. The van der Waals surface area contributed by atoms with Gasteiger partial charge in [0.25, 0.3) is 5.91 Å². The van der Waals surface area contributed by atoms with Crippen LogP contribution in [0.1, 0.15) is 31.3 Å². The number of hydrogen-bond acceptors (Lipinski definition) is 3. The van der Waals surface area contributed by atoms with Gasteiger partial charge in [0.05, 0.1) is 6.54 Å². The van der Waals surface area contributed by atoms with E-state index in [9.17, 15) is 9.59 Å².